The smallest absolute Gasteiger partial charge is 0.224 e. The van der Waals surface area contributed by atoms with Gasteiger partial charge in [0.15, 0.2) is 0 Å². The quantitative estimate of drug-likeness (QED) is 0.720. The third-order valence-electron chi connectivity index (χ3n) is 5.02. The predicted octanol–water partition coefficient (Wildman–Crippen LogP) is 4.23. The number of rotatable bonds is 5. The maximum Gasteiger partial charge on any atom is 0.224 e. The van der Waals surface area contributed by atoms with Gasteiger partial charge in [0.2, 0.25) is 5.91 Å². The number of carbonyl (C=O) groups excluding carboxylic acids is 1. The van der Waals surface area contributed by atoms with E-state index in [9.17, 15) is 4.79 Å². The lowest BCUT2D eigenvalue weighted by molar-refractivity contribution is -0.116. The molecular formula is C21H21ClN4O. The molecule has 1 aliphatic rings. The largest absolute Gasteiger partial charge is 0.326 e. The molecule has 0 aliphatic carbocycles. The van der Waals surface area contributed by atoms with Gasteiger partial charge in [-0.2, -0.15) is 0 Å². The molecule has 6 heteroatoms. The van der Waals surface area contributed by atoms with Gasteiger partial charge in [-0.25, -0.2) is 0 Å². The number of fused-ring (bicyclic) bond motifs is 1. The summed E-state index contributed by atoms with van der Waals surface area (Å²) in [5.74, 6) is 1.49. The molecule has 0 saturated carbocycles. The lowest BCUT2D eigenvalue weighted by Gasteiger charge is -2.23. The molecule has 0 fully saturated rings. The Morgan fingerprint density at radius 3 is 2.93 bits per heavy atom. The first-order chi connectivity index (χ1) is 13.2. The molecule has 0 saturated heterocycles. The summed E-state index contributed by atoms with van der Waals surface area (Å²) in [6.07, 6.45) is 4.92. The summed E-state index contributed by atoms with van der Waals surface area (Å²) in [6, 6.07) is 15.8. The van der Waals surface area contributed by atoms with E-state index in [1.165, 1.54) is 5.56 Å². The van der Waals surface area contributed by atoms with Crippen molar-refractivity contribution >= 4 is 23.2 Å². The normalized spacial score (nSPS) is 16.0. The van der Waals surface area contributed by atoms with Crippen molar-refractivity contribution in [3.63, 3.8) is 0 Å². The Morgan fingerprint density at radius 2 is 2.07 bits per heavy atom. The number of nitrogens with zero attached hydrogens (tertiary/aromatic N) is 3. The second kappa shape index (κ2) is 7.92. The van der Waals surface area contributed by atoms with Gasteiger partial charge in [0.25, 0.3) is 0 Å². The Kier molecular flexibility index (Phi) is 5.21. The van der Waals surface area contributed by atoms with Crippen molar-refractivity contribution in [3.8, 4) is 0 Å². The Hall–Kier alpha value is -2.66. The standard InChI is InChI=1S/C21H21ClN4O/c22-18-8-4-15(5-9-18)6-11-21(27)24-19-3-1-2-16(12-19)17-7-10-20-25-23-14-26(20)13-17/h1-5,8-9,12,14,17H,6-7,10-11,13H2,(H,24,27). The topological polar surface area (TPSA) is 59.8 Å². The fourth-order valence-electron chi connectivity index (χ4n) is 3.53. The van der Waals surface area contributed by atoms with Crippen LogP contribution in [0.15, 0.2) is 54.9 Å². The molecule has 1 N–H and O–H groups in total. The molecule has 1 unspecified atom stereocenters. The molecule has 1 amide bonds. The lowest BCUT2D eigenvalue weighted by atomic mass is 9.91. The Bertz CT molecular complexity index is 935. The van der Waals surface area contributed by atoms with E-state index in [4.69, 9.17) is 11.6 Å². The maximum atomic E-state index is 12.3. The Labute approximate surface area is 163 Å². The van der Waals surface area contributed by atoms with Crippen LogP contribution in [0.4, 0.5) is 5.69 Å². The lowest BCUT2D eigenvalue weighted by Crippen LogP contribution is -2.19. The minimum absolute atomic E-state index is 0.0202. The van der Waals surface area contributed by atoms with E-state index in [1.54, 1.807) is 6.33 Å². The van der Waals surface area contributed by atoms with Crippen LogP contribution in [0.1, 0.15) is 35.7 Å². The summed E-state index contributed by atoms with van der Waals surface area (Å²) < 4.78 is 2.12. The zero-order chi connectivity index (χ0) is 18.6. The van der Waals surface area contributed by atoms with Crippen LogP contribution < -0.4 is 5.32 Å². The minimum Gasteiger partial charge on any atom is -0.326 e. The van der Waals surface area contributed by atoms with Gasteiger partial charge in [-0.1, -0.05) is 35.9 Å². The third-order valence-corrected chi connectivity index (χ3v) is 5.28. The SMILES string of the molecule is O=C(CCc1ccc(Cl)cc1)Nc1cccc(C2CCc3nncn3C2)c1. The van der Waals surface area contributed by atoms with E-state index in [2.05, 4.69) is 32.2 Å². The van der Waals surface area contributed by atoms with Gasteiger partial charge in [-0.3, -0.25) is 4.79 Å². The average Bonchev–Trinajstić information content (AvgIpc) is 3.15. The van der Waals surface area contributed by atoms with Crippen LogP contribution in [0.3, 0.4) is 0 Å². The molecule has 3 aromatic rings. The van der Waals surface area contributed by atoms with Crippen molar-refractivity contribution in [1.82, 2.24) is 14.8 Å². The van der Waals surface area contributed by atoms with Crippen LogP contribution in [-0.2, 0) is 24.2 Å². The monoisotopic (exact) mass is 380 g/mol. The highest BCUT2D eigenvalue weighted by atomic mass is 35.5. The van der Waals surface area contributed by atoms with Crippen molar-refractivity contribution < 1.29 is 4.79 Å². The van der Waals surface area contributed by atoms with Crippen LogP contribution in [0.2, 0.25) is 5.02 Å². The number of halogens is 1. The van der Waals surface area contributed by atoms with Gasteiger partial charge in [0.05, 0.1) is 0 Å². The second-order valence-corrected chi connectivity index (χ2v) is 7.37. The molecule has 1 aliphatic heterocycles. The number of amides is 1. The first kappa shape index (κ1) is 17.7. The van der Waals surface area contributed by atoms with Gasteiger partial charge in [0.1, 0.15) is 12.2 Å². The van der Waals surface area contributed by atoms with Crippen LogP contribution in [0.25, 0.3) is 0 Å². The molecule has 4 rings (SSSR count). The second-order valence-electron chi connectivity index (χ2n) is 6.94. The highest BCUT2D eigenvalue weighted by Gasteiger charge is 2.21. The Morgan fingerprint density at radius 1 is 1.22 bits per heavy atom. The van der Waals surface area contributed by atoms with Crippen molar-refractivity contribution in [2.75, 3.05) is 5.32 Å². The number of hydrogen-bond acceptors (Lipinski definition) is 3. The van der Waals surface area contributed by atoms with E-state index < -0.39 is 0 Å². The highest BCUT2D eigenvalue weighted by Crippen LogP contribution is 2.29. The van der Waals surface area contributed by atoms with E-state index in [0.717, 1.165) is 36.5 Å². The summed E-state index contributed by atoms with van der Waals surface area (Å²) in [6.45, 7) is 0.885. The molecule has 27 heavy (non-hydrogen) atoms. The molecule has 1 atom stereocenters. The minimum atomic E-state index is 0.0202. The molecule has 2 aromatic carbocycles. The number of aryl methyl sites for hydroxylation is 2. The van der Waals surface area contributed by atoms with Gasteiger partial charge in [-0.05, 0) is 48.2 Å². The van der Waals surface area contributed by atoms with Crippen molar-refractivity contribution in [2.45, 2.75) is 38.1 Å². The number of benzene rings is 2. The van der Waals surface area contributed by atoms with E-state index in [-0.39, 0.29) is 5.91 Å². The van der Waals surface area contributed by atoms with Gasteiger partial charge >= 0.3 is 0 Å². The van der Waals surface area contributed by atoms with Crippen molar-refractivity contribution in [1.29, 1.82) is 0 Å². The molecule has 0 radical (unpaired) electrons. The van der Waals surface area contributed by atoms with Gasteiger partial charge < -0.3 is 9.88 Å². The fraction of sp³-hybridized carbons (Fsp3) is 0.286. The number of hydrogen-bond donors (Lipinski definition) is 1. The van der Waals surface area contributed by atoms with Crippen LogP contribution in [-0.4, -0.2) is 20.7 Å². The molecule has 2 heterocycles. The van der Waals surface area contributed by atoms with Gasteiger partial charge in [0, 0.05) is 36.0 Å². The van der Waals surface area contributed by atoms with Crippen molar-refractivity contribution in [2.24, 2.45) is 0 Å². The Balaban J connectivity index is 1.36. The van der Waals surface area contributed by atoms with E-state index in [1.807, 2.05) is 36.4 Å². The number of aromatic nitrogens is 3. The zero-order valence-electron chi connectivity index (χ0n) is 14.9. The maximum absolute atomic E-state index is 12.3. The summed E-state index contributed by atoms with van der Waals surface area (Å²) in [7, 11) is 0. The summed E-state index contributed by atoms with van der Waals surface area (Å²) in [5, 5.41) is 11.9. The zero-order valence-corrected chi connectivity index (χ0v) is 15.7. The molecular weight excluding hydrogens is 360 g/mol. The van der Waals surface area contributed by atoms with Crippen LogP contribution in [0.5, 0.6) is 0 Å². The molecule has 138 valence electrons. The molecule has 5 nitrogen and oxygen atoms in total. The molecule has 0 spiro atoms. The number of carbonyl (C=O) groups is 1. The average molecular weight is 381 g/mol. The fourth-order valence-corrected chi connectivity index (χ4v) is 3.66. The third kappa shape index (κ3) is 4.37. The predicted molar refractivity (Wildman–Crippen MR) is 106 cm³/mol. The van der Waals surface area contributed by atoms with Gasteiger partial charge in [-0.15, -0.1) is 10.2 Å². The van der Waals surface area contributed by atoms with E-state index in [0.29, 0.717) is 23.8 Å². The molecule has 0 bridgehead atoms. The first-order valence-electron chi connectivity index (χ1n) is 9.18. The number of nitrogens with one attached hydrogen (secondary N) is 1. The van der Waals surface area contributed by atoms with Crippen molar-refractivity contribution in [3.05, 3.63) is 76.8 Å². The van der Waals surface area contributed by atoms with E-state index >= 15 is 0 Å². The highest BCUT2D eigenvalue weighted by molar-refractivity contribution is 6.30. The summed E-state index contributed by atoms with van der Waals surface area (Å²) in [5.41, 5.74) is 3.20. The summed E-state index contributed by atoms with van der Waals surface area (Å²) in [4.78, 5) is 12.3. The number of anilines is 1. The van der Waals surface area contributed by atoms with Crippen LogP contribution >= 0.6 is 11.6 Å². The molecule has 1 aromatic heterocycles. The summed E-state index contributed by atoms with van der Waals surface area (Å²) >= 11 is 5.89. The van der Waals surface area contributed by atoms with Crippen LogP contribution in [0, 0.1) is 0 Å². The first-order valence-corrected chi connectivity index (χ1v) is 9.56.